The summed E-state index contributed by atoms with van der Waals surface area (Å²) in [7, 11) is 0. The Kier molecular flexibility index (Phi) is 5.71. The summed E-state index contributed by atoms with van der Waals surface area (Å²) in [5, 5.41) is 10.8. The second-order valence-electron chi connectivity index (χ2n) is 6.65. The Morgan fingerprint density at radius 3 is 2.55 bits per heavy atom. The molecule has 1 aromatic rings. The van der Waals surface area contributed by atoms with E-state index in [0.29, 0.717) is 12.8 Å². The van der Waals surface area contributed by atoms with Crippen molar-refractivity contribution >= 4 is 17.3 Å². The van der Waals surface area contributed by atoms with Gasteiger partial charge in [0.25, 0.3) is 0 Å². The number of nitrogens with zero attached hydrogens (tertiary/aromatic N) is 1. The predicted molar refractivity (Wildman–Crippen MR) is 80.9 cm³/mol. The zero-order valence-corrected chi connectivity index (χ0v) is 13.8. The second-order valence-corrected chi connectivity index (χ2v) is 7.85. The van der Waals surface area contributed by atoms with Crippen LogP contribution in [0.25, 0.3) is 0 Å². The molecule has 0 radical (unpaired) electrons. The van der Waals surface area contributed by atoms with Crippen molar-refractivity contribution in [2.24, 2.45) is 0 Å². The summed E-state index contributed by atoms with van der Waals surface area (Å²) >= 11 is 1.60. The van der Waals surface area contributed by atoms with Gasteiger partial charge in [-0.1, -0.05) is 0 Å². The van der Waals surface area contributed by atoms with Crippen LogP contribution in [0.2, 0.25) is 0 Å². The Hall–Kier alpha value is -0.940. The molecule has 0 atom stereocenters. The number of aliphatic hydroxyl groups is 1. The first-order valence-corrected chi connectivity index (χ1v) is 7.75. The highest BCUT2D eigenvalue weighted by Gasteiger charge is 2.17. The molecular weight excluding hydrogens is 274 g/mol. The minimum absolute atomic E-state index is 0.161. The van der Waals surface area contributed by atoms with E-state index in [1.165, 1.54) is 0 Å². The predicted octanol–water partition coefficient (Wildman–Crippen LogP) is 3.12. The molecule has 1 N–H and O–H groups in total. The van der Waals surface area contributed by atoms with E-state index < -0.39 is 11.2 Å². The molecule has 0 aliphatic rings. The van der Waals surface area contributed by atoms with Crippen molar-refractivity contribution in [1.29, 1.82) is 0 Å². The molecule has 0 aliphatic heterocycles. The van der Waals surface area contributed by atoms with Crippen LogP contribution in [0.5, 0.6) is 0 Å². The van der Waals surface area contributed by atoms with Crippen LogP contribution in [-0.4, -0.2) is 27.3 Å². The number of rotatable bonds is 6. The number of ether oxygens (including phenoxy) is 1. The van der Waals surface area contributed by atoms with E-state index in [-0.39, 0.29) is 5.97 Å². The summed E-state index contributed by atoms with van der Waals surface area (Å²) in [6.07, 6.45) is 4.35. The van der Waals surface area contributed by atoms with E-state index in [1.807, 2.05) is 27.0 Å². The Bertz CT molecular complexity index is 441. The largest absolute Gasteiger partial charge is 0.460 e. The summed E-state index contributed by atoms with van der Waals surface area (Å²) < 4.78 is 5.26. The third-order valence-corrected chi connectivity index (χ3v) is 3.46. The lowest BCUT2D eigenvalue weighted by Crippen LogP contribution is -2.23. The van der Waals surface area contributed by atoms with Crippen LogP contribution in [0.1, 0.15) is 57.3 Å². The standard InChI is InChI=1S/C15H25NO3S/c1-14(2,3)19-13(17)8-6-7-12-16-10-11(20-12)9-15(4,5)18/h10,18H,6-9H2,1-5H3. The van der Waals surface area contributed by atoms with Crippen molar-refractivity contribution in [3.05, 3.63) is 16.1 Å². The van der Waals surface area contributed by atoms with Crippen LogP contribution in [0.4, 0.5) is 0 Å². The van der Waals surface area contributed by atoms with Gasteiger partial charge in [0, 0.05) is 23.9 Å². The van der Waals surface area contributed by atoms with Gasteiger partial charge in [-0.25, -0.2) is 4.98 Å². The molecule has 0 fully saturated rings. The molecule has 114 valence electrons. The maximum atomic E-state index is 11.6. The van der Waals surface area contributed by atoms with Gasteiger partial charge in [-0.05, 0) is 47.5 Å². The fourth-order valence-corrected chi connectivity index (χ4v) is 2.93. The van der Waals surface area contributed by atoms with Crippen molar-refractivity contribution < 1.29 is 14.6 Å². The van der Waals surface area contributed by atoms with Gasteiger partial charge in [-0.15, -0.1) is 11.3 Å². The zero-order chi connectivity index (χ0) is 15.4. The lowest BCUT2D eigenvalue weighted by molar-refractivity contribution is -0.154. The Labute approximate surface area is 125 Å². The number of esters is 1. The van der Waals surface area contributed by atoms with E-state index in [9.17, 15) is 9.90 Å². The average molecular weight is 299 g/mol. The number of thiazole rings is 1. The molecule has 0 saturated carbocycles. The van der Waals surface area contributed by atoms with E-state index in [4.69, 9.17) is 4.74 Å². The first kappa shape index (κ1) is 17.1. The number of hydrogen-bond acceptors (Lipinski definition) is 5. The normalized spacial score (nSPS) is 12.5. The fraction of sp³-hybridized carbons (Fsp3) is 0.733. The molecule has 0 aromatic carbocycles. The third kappa shape index (κ3) is 7.60. The fourth-order valence-electron chi connectivity index (χ4n) is 1.75. The van der Waals surface area contributed by atoms with Crippen LogP contribution in [0.15, 0.2) is 6.20 Å². The molecule has 0 bridgehead atoms. The summed E-state index contributed by atoms with van der Waals surface area (Å²) in [6.45, 7) is 9.18. The monoisotopic (exact) mass is 299 g/mol. The molecule has 20 heavy (non-hydrogen) atoms. The average Bonchev–Trinajstić information content (AvgIpc) is 2.59. The Balaban J connectivity index is 2.34. The molecule has 0 unspecified atom stereocenters. The Morgan fingerprint density at radius 2 is 2.00 bits per heavy atom. The molecule has 5 heteroatoms. The van der Waals surface area contributed by atoms with Crippen LogP contribution in [0.3, 0.4) is 0 Å². The molecule has 4 nitrogen and oxygen atoms in total. The van der Waals surface area contributed by atoms with Gasteiger partial charge in [-0.3, -0.25) is 4.79 Å². The van der Waals surface area contributed by atoms with Crippen LogP contribution in [-0.2, 0) is 22.4 Å². The van der Waals surface area contributed by atoms with Gasteiger partial charge >= 0.3 is 5.97 Å². The van der Waals surface area contributed by atoms with Crippen LogP contribution in [0, 0.1) is 0 Å². The highest BCUT2D eigenvalue weighted by atomic mass is 32.1. The number of carbonyl (C=O) groups excluding carboxylic acids is 1. The molecule has 0 aliphatic carbocycles. The summed E-state index contributed by atoms with van der Waals surface area (Å²) in [5.74, 6) is -0.161. The molecular formula is C15H25NO3S. The summed E-state index contributed by atoms with van der Waals surface area (Å²) in [4.78, 5) is 17.0. The molecule has 1 heterocycles. The topological polar surface area (TPSA) is 59.4 Å². The van der Waals surface area contributed by atoms with E-state index in [0.717, 1.165) is 22.7 Å². The SMILES string of the molecule is CC(C)(O)Cc1cnc(CCCC(=O)OC(C)(C)C)s1. The van der Waals surface area contributed by atoms with Crippen molar-refractivity contribution in [2.75, 3.05) is 0 Å². The number of carbonyl (C=O) groups is 1. The van der Waals surface area contributed by atoms with Gasteiger partial charge in [0.05, 0.1) is 10.6 Å². The van der Waals surface area contributed by atoms with E-state index >= 15 is 0 Å². The van der Waals surface area contributed by atoms with Crippen LogP contribution < -0.4 is 0 Å². The Morgan fingerprint density at radius 1 is 1.35 bits per heavy atom. The van der Waals surface area contributed by atoms with Crippen molar-refractivity contribution in [2.45, 2.75) is 71.5 Å². The highest BCUT2D eigenvalue weighted by Crippen LogP contribution is 2.20. The lowest BCUT2D eigenvalue weighted by Gasteiger charge is -2.19. The van der Waals surface area contributed by atoms with Crippen molar-refractivity contribution in [3.63, 3.8) is 0 Å². The molecule has 0 saturated heterocycles. The second kappa shape index (κ2) is 6.68. The maximum absolute atomic E-state index is 11.6. The number of aromatic nitrogens is 1. The summed E-state index contributed by atoms with van der Waals surface area (Å²) in [5.41, 5.74) is -1.13. The van der Waals surface area contributed by atoms with Gasteiger partial charge in [0.15, 0.2) is 0 Å². The van der Waals surface area contributed by atoms with Gasteiger partial charge in [-0.2, -0.15) is 0 Å². The lowest BCUT2D eigenvalue weighted by atomic mass is 10.1. The van der Waals surface area contributed by atoms with Crippen molar-refractivity contribution in [3.8, 4) is 0 Å². The first-order valence-electron chi connectivity index (χ1n) is 6.93. The van der Waals surface area contributed by atoms with Crippen LogP contribution >= 0.6 is 11.3 Å². The van der Waals surface area contributed by atoms with E-state index in [2.05, 4.69) is 4.98 Å². The molecule has 0 amide bonds. The minimum atomic E-state index is -0.708. The molecule has 1 aromatic heterocycles. The quantitative estimate of drug-likeness (QED) is 0.820. The van der Waals surface area contributed by atoms with E-state index in [1.54, 1.807) is 25.2 Å². The van der Waals surface area contributed by atoms with Gasteiger partial charge < -0.3 is 9.84 Å². The smallest absolute Gasteiger partial charge is 0.306 e. The van der Waals surface area contributed by atoms with Crippen molar-refractivity contribution in [1.82, 2.24) is 4.98 Å². The van der Waals surface area contributed by atoms with Gasteiger partial charge in [0.1, 0.15) is 5.60 Å². The maximum Gasteiger partial charge on any atom is 0.306 e. The zero-order valence-electron chi connectivity index (χ0n) is 13.0. The molecule has 1 rings (SSSR count). The summed E-state index contributed by atoms with van der Waals surface area (Å²) in [6, 6.07) is 0. The number of aryl methyl sites for hydroxylation is 1. The highest BCUT2D eigenvalue weighted by molar-refractivity contribution is 7.11. The molecule has 0 spiro atoms. The minimum Gasteiger partial charge on any atom is -0.460 e. The van der Waals surface area contributed by atoms with Gasteiger partial charge in [0.2, 0.25) is 0 Å². The third-order valence-electron chi connectivity index (χ3n) is 2.40. The first-order chi connectivity index (χ1) is 9.05. The number of hydrogen-bond donors (Lipinski definition) is 1.